The summed E-state index contributed by atoms with van der Waals surface area (Å²) in [6.07, 6.45) is 2.04. The number of hydrogen-bond donors (Lipinski definition) is 1. The van der Waals surface area contributed by atoms with Crippen molar-refractivity contribution in [3.05, 3.63) is 71.4 Å². The Labute approximate surface area is 182 Å². The van der Waals surface area contributed by atoms with E-state index in [0.717, 1.165) is 32.6 Å². The molecule has 5 rings (SSSR count). The number of carbonyl (C=O) groups is 1. The highest BCUT2D eigenvalue weighted by Gasteiger charge is 2.41. The monoisotopic (exact) mass is 440 g/mol. The van der Waals surface area contributed by atoms with E-state index in [1.807, 2.05) is 67.6 Å². The van der Waals surface area contributed by atoms with E-state index in [1.54, 1.807) is 28.4 Å². The number of hydrogen-bond acceptors (Lipinski definition) is 5. The van der Waals surface area contributed by atoms with Crippen LogP contribution in [0.25, 0.3) is 11.0 Å². The molecular weight excluding hydrogens is 419 g/mol. The predicted molar refractivity (Wildman–Crippen MR) is 124 cm³/mol. The zero-order chi connectivity index (χ0) is 21.1. The minimum Gasteiger partial charge on any atom is -0.341 e. The first kappa shape index (κ1) is 20.7. The molecule has 0 saturated carbocycles. The highest BCUT2D eigenvalue weighted by molar-refractivity contribution is 8.13. The lowest BCUT2D eigenvalue weighted by atomic mass is 10.1. The van der Waals surface area contributed by atoms with Crippen LogP contribution < -0.4 is 4.90 Å². The van der Waals surface area contributed by atoms with Gasteiger partial charge in [0, 0.05) is 0 Å². The number of aromatic amines is 1. The lowest BCUT2D eigenvalue weighted by Gasteiger charge is -2.32. The van der Waals surface area contributed by atoms with Crippen LogP contribution in [-0.4, -0.2) is 33.6 Å². The number of nitrogens with zero attached hydrogens (tertiary/aromatic N) is 3. The van der Waals surface area contributed by atoms with Gasteiger partial charge < -0.3 is 4.98 Å². The lowest BCUT2D eigenvalue weighted by Crippen LogP contribution is -2.45. The molecule has 5 nitrogen and oxygen atoms in total. The molecule has 2 atom stereocenters. The first-order valence-corrected chi connectivity index (χ1v) is 11.3. The summed E-state index contributed by atoms with van der Waals surface area (Å²) in [5, 5.41) is 0.666. The van der Waals surface area contributed by atoms with Crippen molar-refractivity contribution in [2.45, 2.75) is 18.1 Å². The molecule has 0 bridgehead atoms. The van der Waals surface area contributed by atoms with Crippen molar-refractivity contribution in [1.29, 1.82) is 0 Å². The Morgan fingerprint density at radius 2 is 1.87 bits per heavy atom. The van der Waals surface area contributed by atoms with Crippen molar-refractivity contribution in [2.24, 2.45) is 10.9 Å². The number of thioether (sulfide) groups is 2. The molecule has 2 aliphatic rings. The average Bonchev–Trinajstić information content (AvgIpc) is 3.37. The number of anilines is 1. The molecule has 1 amide bonds. The summed E-state index contributed by atoms with van der Waals surface area (Å²) in [5.41, 5.74) is 2.82. The van der Waals surface area contributed by atoms with Crippen LogP contribution in [0.1, 0.15) is 12.7 Å². The van der Waals surface area contributed by atoms with Gasteiger partial charge in [-0.2, -0.15) is 0 Å². The highest BCUT2D eigenvalue weighted by Crippen LogP contribution is 2.42. The van der Waals surface area contributed by atoms with Crippen molar-refractivity contribution in [1.82, 2.24) is 9.97 Å². The third-order valence-corrected chi connectivity index (χ3v) is 6.87. The van der Waals surface area contributed by atoms with Crippen molar-refractivity contribution < 1.29 is 9.18 Å². The molecule has 2 unspecified atom stereocenters. The Morgan fingerprint density at radius 3 is 2.63 bits per heavy atom. The Bertz CT molecular complexity index is 1080. The molecule has 1 N–H and O–H groups in total. The van der Waals surface area contributed by atoms with Crippen LogP contribution in [0.2, 0.25) is 0 Å². The van der Waals surface area contributed by atoms with Crippen LogP contribution in [0, 0.1) is 5.92 Å². The number of H-pyrrole nitrogens is 1. The standard InChI is InChI=1S/C21H18N4OS2.CH3F/c1-13-11-15-19(28-13)24-21(25(20(15)26)14-7-3-2-4-8-14)27-12-18-22-16-9-5-6-10-17(16)23-18;1-2/h2-11,15,19H,12H2,1H3,(H,22,23);1H3. The molecule has 1 aromatic heterocycles. The number of benzene rings is 2. The fourth-order valence-corrected chi connectivity index (χ4v) is 5.55. The number of imidazole rings is 1. The van der Waals surface area contributed by atoms with Crippen molar-refractivity contribution in [2.75, 3.05) is 12.1 Å². The highest BCUT2D eigenvalue weighted by atomic mass is 32.2. The molecule has 0 fully saturated rings. The van der Waals surface area contributed by atoms with E-state index in [4.69, 9.17) is 4.99 Å². The van der Waals surface area contributed by atoms with E-state index in [9.17, 15) is 9.18 Å². The Balaban J connectivity index is 0.00000106. The van der Waals surface area contributed by atoms with E-state index >= 15 is 0 Å². The maximum atomic E-state index is 13.3. The molecule has 8 heteroatoms. The van der Waals surface area contributed by atoms with Gasteiger partial charge in [0.25, 0.3) is 0 Å². The number of alkyl halides is 1. The Hall–Kier alpha value is -2.58. The number of allylic oxidation sites excluding steroid dienone is 1. The predicted octanol–water partition coefficient (Wildman–Crippen LogP) is 5.38. The van der Waals surface area contributed by atoms with Crippen LogP contribution in [0.15, 0.2) is 70.6 Å². The molecule has 0 spiro atoms. The molecule has 3 aromatic rings. The van der Waals surface area contributed by atoms with Crippen molar-refractivity contribution in [3.63, 3.8) is 0 Å². The minimum absolute atomic E-state index is 0.0642. The summed E-state index contributed by atoms with van der Waals surface area (Å²) in [6, 6.07) is 17.7. The largest absolute Gasteiger partial charge is 0.341 e. The summed E-state index contributed by atoms with van der Waals surface area (Å²) >= 11 is 3.22. The van der Waals surface area contributed by atoms with Gasteiger partial charge in [-0.05, 0) is 36.1 Å². The SMILES string of the molecule is CC1=CC2C(=O)N(c3ccccc3)C(SCc3nc4ccccc4[nH]3)=NC2S1.CF. The van der Waals surface area contributed by atoms with Crippen LogP contribution in [0.4, 0.5) is 10.1 Å². The third-order valence-electron chi connectivity index (χ3n) is 4.75. The topological polar surface area (TPSA) is 61.4 Å². The molecular formula is C22H21FN4OS2. The van der Waals surface area contributed by atoms with Gasteiger partial charge in [-0.1, -0.05) is 48.2 Å². The fourth-order valence-electron chi connectivity index (χ4n) is 3.47. The van der Waals surface area contributed by atoms with Crippen molar-refractivity contribution in [3.8, 4) is 0 Å². The molecule has 0 aliphatic carbocycles. The molecule has 0 saturated heterocycles. The van der Waals surface area contributed by atoms with E-state index in [-0.39, 0.29) is 17.2 Å². The Morgan fingerprint density at radius 1 is 1.13 bits per heavy atom. The molecule has 30 heavy (non-hydrogen) atoms. The smallest absolute Gasteiger partial charge is 0.243 e. The molecule has 154 valence electrons. The molecule has 2 aliphatic heterocycles. The van der Waals surface area contributed by atoms with Gasteiger partial charge in [0.1, 0.15) is 11.2 Å². The third kappa shape index (κ3) is 4.02. The number of nitrogens with one attached hydrogen (secondary N) is 1. The molecule has 3 heterocycles. The van der Waals surface area contributed by atoms with Gasteiger partial charge in [-0.15, -0.1) is 11.8 Å². The number of halogens is 1. The van der Waals surface area contributed by atoms with E-state index < -0.39 is 0 Å². The summed E-state index contributed by atoms with van der Waals surface area (Å²) < 4.78 is 9.50. The first-order chi connectivity index (χ1) is 14.7. The number of aromatic nitrogens is 2. The van der Waals surface area contributed by atoms with Crippen molar-refractivity contribution >= 4 is 51.3 Å². The van der Waals surface area contributed by atoms with Crippen LogP contribution in [0.3, 0.4) is 0 Å². The normalized spacial score (nSPS) is 20.4. The van der Waals surface area contributed by atoms with E-state index in [0.29, 0.717) is 12.9 Å². The summed E-state index contributed by atoms with van der Waals surface area (Å²) in [7, 11) is 0.500. The molecule has 0 radical (unpaired) electrons. The van der Waals surface area contributed by atoms with Gasteiger partial charge in [0.15, 0.2) is 5.17 Å². The van der Waals surface area contributed by atoms with Gasteiger partial charge >= 0.3 is 0 Å². The number of rotatable bonds is 3. The number of amidine groups is 1. The summed E-state index contributed by atoms with van der Waals surface area (Å²) in [4.78, 5) is 29.1. The maximum absolute atomic E-state index is 13.3. The average molecular weight is 441 g/mol. The second-order valence-corrected chi connectivity index (χ2v) is 9.03. The number of aliphatic imine (C=N–C) groups is 1. The van der Waals surface area contributed by atoms with E-state index in [1.165, 1.54) is 0 Å². The Kier molecular flexibility index (Phi) is 6.24. The zero-order valence-corrected chi connectivity index (χ0v) is 18.2. The number of amides is 1. The first-order valence-electron chi connectivity index (χ1n) is 9.45. The zero-order valence-electron chi connectivity index (χ0n) is 16.6. The number of carbonyl (C=O) groups excluding carboxylic acids is 1. The number of fused-ring (bicyclic) bond motifs is 2. The summed E-state index contributed by atoms with van der Waals surface area (Å²) in [5.74, 6) is 1.40. The van der Waals surface area contributed by atoms with Gasteiger partial charge in [-0.25, -0.2) is 9.98 Å². The minimum atomic E-state index is -0.194. The second-order valence-electron chi connectivity index (χ2n) is 6.72. The van der Waals surface area contributed by atoms with Gasteiger partial charge in [-0.3, -0.25) is 14.1 Å². The molecule has 2 aromatic carbocycles. The van der Waals surface area contributed by atoms with Gasteiger partial charge in [0.2, 0.25) is 5.91 Å². The van der Waals surface area contributed by atoms with Gasteiger partial charge in [0.05, 0.1) is 35.6 Å². The lowest BCUT2D eigenvalue weighted by molar-refractivity contribution is -0.120. The second kappa shape index (κ2) is 9.06. The summed E-state index contributed by atoms with van der Waals surface area (Å²) in [6.45, 7) is 2.04. The number of para-hydroxylation sites is 3. The maximum Gasteiger partial charge on any atom is 0.243 e. The van der Waals surface area contributed by atoms with Crippen LogP contribution in [0.5, 0.6) is 0 Å². The quantitative estimate of drug-likeness (QED) is 0.594. The fraction of sp³-hybridized carbons (Fsp3) is 0.227. The van der Waals surface area contributed by atoms with Crippen LogP contribution >= 0.6 is 23.5 Å². The van der Waals surface area contributed by atoms with Crippen LogP contribution in [-0.2, 0) is 10.5 Å². The van der Waals surface area contributed by atoms with E-state index in [2.05, 4.69) is 9.97 Å².